The van der Waals surface area contributed by atoms with Gasteiger partial charge in [-0.3, -0.25) is 0 Å². The predicted molar refractivity (Wildman–Crippen MR) is 81.9 cm³/mol. The van der Waals surface area contributed by atoms with E-state index in [0.717, 1.165) is 19.3 Å². The van der Waals surface area contributed by atoms with E-state index in [1.165, 1.54) is 12.8 Å². The Labute approximate surface area is 122 Å². The van der Waals surface area contributed by atoms with Crippen molar-refractivity contribution < 1.29 is 8.42 Å². The quantitative estimate of drug-likeness (QED) is 0.869. The van der Waals surface area contributed by atoms with E-state index in [9.17, 15) is 8.42 Å². The van der Waals surface area contributed by atoms with Gasteiger partial charge in [-0.05, 0) is 43.4 Å². The summed E-state index contributed by atoms with van der Waals surface area (Å²) in [5.74, 6) is 0.668. The third-order valence-electron chi connectivity index (χ3n) is 4.00. The Morgan fingerprint density at radius 3 is 2.80 bits per heavy atom. The van der Waals surface area contributed by atoms with E-state index >= 15 is 0 Å². The molecule has 1 saturated heterocycles. The Morgan fingerprint density at radius 1 is 1.30 bits per heavy atom. The molecule has 0 aliphatic carbocycles. The number of nitrogens with zero attached hydrogens (tertiary/aromatic N) is 1. The van der Waals surface area contributed by atoms with Crippen LogP contribution >= 0.6 is 0 Å². The molecule has 1 aliphatic heterocycles. The fourth-order valence-corrected chi connectivity index (χ4v) is 4.45. The van der Waals surface area contributed by atoms with Gasteiger partial charge in [0.2, 0.25) is 10.0 Å². The predicted octanol–water partition coefficient (Wildman–Crippen LogP) is 2.86. The van der Waals surface area contributed by atoms with Crippen molar-refractivity contribution >= 4 is 15.7 Å². The van der Waals surface area contributed by atoms with Crippen LogP contribution in [0.15, 0.2) is 29.2 Å². The van der Waals surface area contributed by atoms with Crippen molar-refractivity contribution in [1.29, 1.82) is 0 Å². The molecule has 0 radical (unpaired) electrons. The molecule has 0 amide bonds. The van der Waals surface area contributed by atoms with Crippen molar-refractivity contribution in [1.82, 2.24) is 4.31 Å². The molecule has 20 heavy (non-hydrogen) atoms. The molecule has 5 heteroatoms. The second kappa shape index (κ2) is 6.59. The third-order valence-corrected chi connectivity index (χ3v) is 5.89. The first-order chi connectivity index (χ1) is 9.54. The van der Waals surface area contributed by atoms with E-state index in [1.807, 2.05) is 0 Å². The van der Waals surface area contributed by atoms with Gasteiger partial charge in [-0.2, -0.15) is 4.31 Å². The molecular formula is C15H24N2O2S. The summed E-state index contributed by atoms with van der Waals surface area (Å²) in [5, 5.41) is 0. The van der Waals surface area contributed by atoms with Gasteiger partial charge in [0, 0.05) is 18.8 Å². The molecule has 112 valence electrons. The average molecular weight is 296 g/mol. The van der Waals surface area contributed by atoms with Gasteiger partial charge in [0.05, 0.1) is 4.90 Å². The normalized spacial score (nSPS) is 21.6. The van der Waals surface area contributed by atoms with Crippen LogP contribution in [-0.4, -0.2) is 25.8 Å². The van der Waals surface area contributed by atoms with Crippen molar-refractivity contribution in [3.63, 3.8) is 0 Å². The molecule has 0 spiro atoms. The maximum atomic E-state index is 12.6. The van der Waals surface area contributed by atoms with Crippen molar-refractivity contribution in [2.45, 2.75) is 43.9 Å². The number of anilines is 1. The van der Waals surface area contributed by atoms with Crippen LogP contribution in [0.1, 0.15) is 39.0 Å². The van der Waals surface area contributed by atoms with E-state index in [2.05, 4.69) is 6.92 Å². The van der Waals surface area contributed by atoms with Crippen molar-refractivity contribution in [2.24, 2.45) is 5.92 Å². The van der Waals surface area contributed by atoms with Gasteiger partial charge in [-0.1, -0.05) is 25.8 Å². The highest BCUT2D eigenvalue weighted by atomic mass is 32.2. The lowest BCUT2D eigenvalue weighted by molar-refractivity contribution is 0.400. The summed E-state index contributed by atoms with van der Waals surface area (Å²) in [7, 11) is -3.39. The van der Waals surface area contributed by atoms with Gasteiger partial charge in [0.15, 0.2) is 0 Å². The van der Waals surface area contributed by atoms with Gasteiger partial charge in [-0.15, -0.1) is 0 Å². The number of hydrogen-bond donors (Lipinski definition) is 1. The van der Waals surface area contributed by atoms with Crippen molar-refractivity contribution in [2.75, 3.05) is 18.8 Å². The lowest BCUT2D eigenvalue weighted by atomic mass is 9.96. The number of benzene rings is 1. The van der Waals surface area contributed by atoms with Crippen LogP contribution in [0.5, 0.6) is 0 Å². The van der Waals surface area contributed by atoms with Crippen LogP contribution in [0.4, 0.5) is 5.69 Å². The van der Waals surface area contributed by atoms with E-state index in [4.69, 9.17) is 5.73 Å². The molecule has 0 saturated carbocycles. The van der Waals surface area contributed by atoms with Crippen LogP contribution in [0.3, 0.4) is 0 Å². The molecule has 1 heterocycles. The number of rotatable bonds is 4. The molecule has 1 aliphatic rings. The zero-order valence-corrected chi connectivity index (χ0v) is 12.9. The van der Waals surface area contributed by atoms with E-state index in [0.29, 0.717) is 29.6 Å². The standard InChI is InChI=1S/C15H24N2O2S/c1-2-5-13-6-4-10-17(11-9-13)20(18,19)15-8-3-7-14(16)12-15/h3,7-8,12-13H,2,4-6,9-11,16H2,1H3. The first-order valence-electron chi connectivity index (χ1n) is 7.39. The molecule has 1 atom stereocenters. The van der Waals surface area contributed by atoms with Crippen molar-refractivity contribution in [3.05, 3.63) is 24.3 Å². The van der Waals surface area contributed by atoms with Crippen molar-refractivity contribution in [3.8, 4) is 0 Å². The highest BCUT2D eigenvalue weighted by Crippen LogP contribution is 2.26. The lowest BCUT2D eigenvalue weighted by Gasteiger charge is -2.20. The molecule has 1 fully saturated rings. The van der Waals surface area contributed by atoms with E-state index < -0.39 is 10.0 Å². The fourth-order valence-electron chi connectivity index (χ4n) is 2.90. The van der Waals surface area contributed by atoms with Gasteiger partial charge in [-0.25, -0.2) is 8.42 Å². The largest absolute Gasteiger partial charge is 0.399 e. The summed E-state index contributed by atoms with van der Waals surface area (Å²) in [5.41, 5.74) is 6.18. The minimum atomic E-state index is -3.39. The summed E-state index contributed by atoms with van der Waals surface area (Å²) >= 11 is 0. The summed E-state index contributed by atoms with van der Waals surface area (Å²) in [6.07, 6.45) is 5.43. The van der Waals surface area contributed by atoms with Gasteiger partial charge in [0.1, 0.15) is 0 Å². The molecular weight excluding hydrogens is 272 g/mol. The molecule has 1 unspecified atom stereocenters. The Kier molecular flexibility index (Phi) is 5.05. The SMILES string of the molecule is CCCC1CCCN(S(=O)(=O)c2cccc(N)c2)CC1. The number of sulfonamides is 1. The van der Waals surface area contributed by atoms with Gasteiger partial charge < -0.3 is 5.73 Å². The molecule has 1 aromatic rings. The Hall–Kier alpha value is -1.07. The summed E-state index contributed by atoms with van der Waals surface area (Å²) in [4.78, 5) is 0.312. The monoisotopic (exact) mass is 296 g/mol. The topological polar surface area (TPSA) is 63.4 Å². The van der Waals surface area contributed by atoms with Gasteiger partial charge >= 0.3 is 0 Å². The second-order valence-electron chi connectivity index (χ2n) is 5.56. The van der Waals surface area contributed by atoms with E-state index in [-0.39, 0.29) is 0 Å². The molecule has 1 aromatic carbocycles. The molecule has 2 N–H and O–H groups in total. The Balaban J connectivity index is 2.14. The number of hydrogen-bond acceptors (Lipinski definition) is 3. The third kappa shape index (κ3) is 3.52. The first kappa shape index (κ1) is 15.3. The molecule has 2 rings (SSSR count). The first-order valence-corrected chi connectivity index (χ1v) is 8.83. The smallest absolute Gasteiger partial charge is 0.243 e. The minimum Gasteiger partial charge on any atom is -0.399 e. The Morgan fingerprint density at radius 2 is 2.10 bits per heavy atom. The summed E-state index contributed by atoms with van der Waals surface area (Å²) in [6, 6.07) is 6.57. The second-order valence-corrected chi connectivity index (χ2v) is 7.50. The van der Waals surface area contributed by atoms with Crippen LogP contribution in [0.2, 0.25) is 0 Å². The maximum absolute atomic E-state index is 12.6. The summed E-state index contributed by atoms with van der Waals surface area (Å²) < 4.78 is 26.9. The molecule has 4 nitrogen and oxygen atoms in total. The van der Waals surface area contributed by atoms with Crippen LogP contribution < -0.4 is 5.73 Å². The molecule has 0 bridgehead atoms. The van der Waals surface area contributed by atoms with Crippen LogP contribution in [0.25, 0.3) is 0 Å². The number of nitrogen functional groups attached to an aromatic ring is 1. The van der Waals surface area contributed by atoms with Crippen LogP contribution in [0, 0.1) is 5.92 Å². The van der Waals surface area contributed by atoms with E-state index in [1.54, 1.807) is 28.6 Å². The highest BCUT2D eigenvalue weighted by molar-refractivity contribution is 7.89. The lowest BCUT2D eigenvalue weighted by Crippen LogP contribution is -2.32. The average Bonchev–Trinajstić information content (AvgIpc) is 2.65. The maximum Gasteiger partial charge on any atom is 0.243 e. The van der Waals surface area contributed by atoms with Gasteiger partial charge in [0.25, 0.3) is 0 Å². The summed E-state index contributed by atoms with van der Waals surface area (Å²) in [6.45, 7) is 3.44. The fraction of sp³-hybridized carbons (Fsp3) is 0.600. The molecule has 0 aromatic heterocycles. The zero-order chi connectivity index (χ0) is 14.6. The Bertz CT molecular complexity index is 543. The highest BCUT2D eigenvalue weighted by Gasteiger charge is 2.27. The number of nitrogens with two attached hydrogens (primary N) is 1. The zero-order valence-electron chi connectivity index (χ0n) is 12.1. The minimum absolute atomic E-state index is 0.312. The van der Waals surface area contributed by atoms with Crippen LogP contribution in [-0.2, 0) is 10.0 Å².